The van der Waals surface area contributed by atoms with Gasteiger partial charge in [0.25, 0.3) is 0 Å². The monoisotopic (exact) mass is 355 g/mol. The SMILES string of the molecule is CC(CNCC(O)c1occ2ccccc12)c1ccc(OCCO)cc1. The van der Waals surface area contributed by atoms with Crippen molar-refractivity contribution in [2.75, 3.05) is 26.3 Å². The Bertz CT molecular complexity index is 812. The molecule has 0 saturated carbocycles. The standard InChI is InChI=1S/C21H25NO4/c1-15(16-6-8-18(9-7-16)25-11-10-23)12-22-13-20(24)21-19-5-3-2-4-17(19)14-26-21/h2-9,14-15,20,22-24H,10-13H2,1H3. The van der Waals surface area contributed by atoms with E-state index in [1.165, 1.54) is 5.56 Å². The normalized spacial score (nSPS) is 13.7. The first kappa shape index (κ1) is 18.5. The van der Waals surface area contributed by atoms with E-state index in [4.69, 9.17) is 14.3 Å². The lowest BCUT2D eigenvalue weighted by atomic mass is 10.0. The van der Waals surface area contributed by atoms with Crippen LogP contribution in [-0.2, 0) is 0 Å². The second kappa shape index (κ2) is 8.85. The van der Waals surface area contributed by atoms with Crippen LogP contribution in [-0.4, -0.2) is 36.5 Å². The van der Waals surface area contributed by atoms with Crippen LogP contribution in [0.25, 0.3) is 10.8 Å². The van der Waals surface area contributed by atoms with Gasteiger partial charge >= 0.3 is 0 Å². The van der Waals surface area contributed by atoms with Gasteiger partial charge in [-0.2, -0.15) is 0 Å². The Labute approximate surface area is 153 Å². The fraction of sp³-hybridized carbons (Fsp3) is 0.333. The van der Waals surface area contributed by atoms with E-state index in [9.17, 15) is 5.11 Å². The van der Waals surface area contributed by atoms with Crippen LogP contribution < -0.4 is 10.1 Å². The van der Waals surface area contributed by atoms with E-state index < -0.39 is 6.10 Å². The lowest BCUT2D eigenvalue weighted by Gasteiger charge is -2.15. The minimum atomic E-state index is -0.684. The number of hydrogen-bond acceptors (Lipinski definition) is 5. The van der Waals surface area contributed by atoms with Gasteiger partial charge in [0.15, 0.2) is 0 Å². The molecule has 0 aliphatic rings. The van der Waals surface area contributed by atoms with Crippen molar-refractivity contribution in [2.24, 2.45) is 0 Å². The highest BCUT2D eigenvalue weighted by atomic mass is 16.5. The van der Waals surface area contributed by atoms with E-state index >= 15 is 0 Å². The van der Waals surface area contributed by atoms with Crippen molar-refractivity contribution in [2.45, 2.75) is 18.9 Å². The molecule has 0 aliphatic heterocycles. The fourth-order valence-electron chi connectivity index (χ4n) is 2.98. The van der Waals surface area contributed by atoms with Crippen LogP contribution in [0.4, 0.5) is 0 Å². The second-order valence-corrected chi connectivity index (χ2v) is 6.40. The Balaban J connectivity index is 1.50. The van der Waals surface area contributed by atoms with Crippen LogP contribution in [0.1, 0.15) is 30.3 Å². The number of fused-ring (bicyclic) bond motifs is 1. The first-order valence-corrected chi connectivity index (χ1v) is 8.87. The van der Waals surface area contributed by atoms with Crippen molar-refractivity contribution in [3.8, 4) is 5.75 Å². The first-order chi connectivity index (χ1) is 12.7. The Morgan fingerprint density at radius 2 is 1.85 bits per heavy atom. The van der Waals surface area contributed by atoms with Gasteiger partial charge in [-0.3, -0.25) is 0 Å². The van der Waals surface area contributed by atoms with Crippen molar-refractivity contribution in [1.82, 2.24) is 5.32 Å². The van der Waals surface area contributed by atoms with Crippen LogP contribution in [0.15, 0.2) is 59.2 Å². The molecule has 0 amide bonds. The molecule has 1 aromatic heterocycles. The maximum absolute atomic E-state index is 10.4. The van der Waals surface area contributed by atoms with Crippen LogP contribution in [0.2, 0.25) is 0 Å². The maximum Gasteiger partial charge on any atom is 0.141 e. The minimum absolute atomic E-state index is 0.00928. The quantitative estimate of drug-likeness (QED) is 0.549. The largest absolute Gasteiger partial charge is 0.491 e. The number of nitrogens with one attached hydrogen (secondary N) is 1. The molecule has 5 heteroatoms. The van der Waals surface area contributed by atoms with Crippen LogP contribution in [0.3, 0.4) is 0 Å². The van der Waals surface area contributed by atoms with Gasteiger partial charge in [-0.25, -0.2) is 0 Å². The van der Waals surface area contributed by atoms with E-state index in [1.807, 2.05) is 48.5 Å². The fourth-order valence-corrected chi connectivity index (χ4v) is 2.98. The molecule has 0 saturated heterocycles. The summed E-state index contributed by atoms with van der Waals surface area (Å²) >= 11 is 0. The summed E-state index contributed by atoms with van der Waals surface area (Å²) in [5.74, 6) is 1.65. The van der Waals surface area contributed by atoms with Crippen LogP contribution >= 0.6 is 0 Å². The Morgan fingerprint density at radius 1 is 1.08 bits per heavy atom. The smallest absolute Gasteiger partial charge is 0.141 e. The van der Waals surface area contributed by atoms with Gasteiger partial charge in [0, 0.05) is 23.9 Å². The Kier molecular flexibility index (Phi) is 6.28. The zero-order chi connectivity index (χ0) is 18.4. The van der Waals surface area contributed by atoms with Gasteiger partial charge in [-0.1, -0.05) is 43.3 Å². The molecule has 0 bridgehead atoms. The number of benzene rings is 2. The summed E-state index contributed by atoms with van der Waals surface area (Å²) in [5, 5.41) is 24.5. The maximum atomic E-state index is 10.4. The topological polar surface area (TPSA) is 74.9 Å². The van der Waals surface area contributed by atoms with Crippen molar-refractivity contribution < 1.29 is 19.4 Å². The van der Waals surface area contributed by atoms with Gasteiger partial charge in [0.1, 0.15) is 24.2 Å². The molecule has 26 heavy (non-hydrogen) atoms. The van der Waals surface area contributed by atoms with Crippen LogP contribution in [0.5, 0.6) is 5.75 Å². The summed E-state index contributed by atoms with van der Waals surface area (Å²) in [5.41, 5.74) is 1.19. The summed E-state index contributed by atoms with van der Waals surface area (Å²) in [7, 11) is 0. The third-order valence-corrected chi connectivity index (χ3v) is 4.44. The molecule has 138 valence electrons. The molecule has 2 unspecified atom stereocenters. The number of furan rings is 1. The van der Waals surface area contributed by atoms with Crippen molar-refractivity contribution in [3.63, 3.8) is 0 Å². The van der Waals surface area contributed by atoms with Crippen molar-refractivity contribution >= 4 is 10.8 Å². The average molecular weight is 355 g/mol. The molecule has 3 aromatic rings. The molecule has 0 radical (unpaired) electrons. The highest BCUT2D eigenvalue weighted by molar-refractivity contribution is 5.84. The van der Waals surface area contributed by atoms with E-state index in [-0.39, 0.29) is 6.61 Å². The summed E-state index contributed by atoms with van der Waals surface area (Å²) in [4.78, 5) is 0. The molecule has 0 spiro atoms. The molecular weight excluding hydrogens is 330 g/mol. The molecule has 0 aliphatic carbocycles. The summed E-state index contributed by atoms with van der Waals surface area (Å²) in [6, 6.07) is 15.7. The van der Waals surface area contributed by atoms with E-state index in [2.05, 4.69) is 12.2 Å². The van der Waals surface area contributed by atoms with Crippen molar-refractivity contribution in [3.05, 3.63) is 66.1 Å². The highest BCUT2D eigenvalue weighted by Gasteiger charge is 2.15. The molecular formula is C21H25NO4. The van der Waals surface area contributed by atoms with Gasteiger partial charge in [-0.05, 0) is 23.6 Å². The Hall–Kier alpha value is -2.34. The van der Waals surface area contributed by atoms with Gasteiger partial charge in [0.2, 0.25) is 0 Å². The van der Waals surface area contributed by atoms with E-state index in [0.29, 0.717) is 24.8 Å². The minimum Gasteiger partial charge on any atom is -0.491 e. The molecule has 5 nitrogen and oxygen atoms in total. The predicted octanol–water partition coefficient (Wildman–Crippen LogP) is 3.23. The van der Waals surface area contributed by atoms with Crippen molar-refractivity contribution in [1.29, 1.82) is 0 Å². The highest BCUT2D eigenvalue weighted by Crippen LogP contribution is 2.26. The summed E-state index contributed by atoms with van der Waals surface area (Å²) in [6.45, 7) is 3.61. The molecule has 2 aromatic carbocycles. The number of hydrogen-bond donors (Lipinski definition) is 3. The third kappa shape index (κ3) is 4.43. The molecule has 0 fully saturated rings. The second-order valence-electron chi connectivity index (χ2n) is 6.40. The molecule has 3 rings (SSSR count). The third-order valence-electron chi connectivity index (χ3n) is 4.44. The molecule has 2 atom stereocenters. The Morgan fingerprint density at radius 3 is 2.62 bits per heavy atom. The zero-order valence-electron chi connectivity index (χ0n) is 14.9. The lowest BCUT2D eigenvalue weighted by Crippen LogP contribution is -2.25. The van der Waals surface area contributed by atoms with Crippen LogP contribution in [0, 0.1) is 0 Å². The summed E-state index contributed by atoms with van der Waals surface area (Å²) < 4.78 is 10.9. The predicted molar refractivity (Wildman–Crippen MR) is 101 cm³/mol. The van der Waals surface area contributed by atoms with Gasteiger partial charge < -0.3 is 24.7 Å². The summed E-state index contributed by atoms with van der Waals surface area (Å²) in [6.07, 6.45) is 0.994. The number of rotatable bonds is 9. The van der Waals surface area contributed by atoms with E-state index in [0.717, 1.165) is 23.1 Å². The first-order valence-electron chi connectivity index (χ1n) is 8.87. The number of aliphatic hydroxyl groups is 2. The lowest BCUT2D eigenvalue weighted by molar-refractivity contribution is 0.149. The molecule has 3 N–H and O–H groups in total. The zero-order valence-corrected chi connectivity index (χ0v) is 14.9. The number of aliphatic hydroxyl groups excluding tert-OH is 2. The van der Waals surface area contributed by atoms with Gasteiger partial charge in [0.05, 0.1) is 12.9 Å². The van der Waals surface area contributed by atoms with E-state index in [1.54, 1.807) is 6.26 Å². The molecule has 1 heterocycles. The average Bonchev–Trinajstić information content (AvgIpc) is 3.11. The number of ether oxygens (including phenoxy) is 1. The van der Waals surface area contributed by atoms with Gasteiger partial charge in [-0.15, -0.1) is 0 Å².